The fraction of sp³-hybridized carbons (Fsp3) is 0.0500. The van der Waals surface area contributed by atoms with E-state index in [-0.39, 0.29) is 0 Å². The number of para-hydroxylation sites is 2. The number of aryl methyl sites for hydroxylation is 1. The third-order valence-electron chi connectivity index (χ3n) is 4.67. The van der Waals surface area contributed by atoms with Gasteiger partial charge < -0.3 is 8.83 Å². The van der Waals surface area contributed by atoms with E-state index < -0.39 is 0 Å². The van der Waals surface area contributed by atoms with Crippen LogP contribution in [0, 0.1) is 6.92 Å². The highest BCUT2D eigenvalue weighted by Gasteiger charge is 2.21. The van der Waals surface area contributed by atoms with Crippen LogP contribution in [0.3, 0.4) is 0 Å². The molecule has 6 aromatic rings. The van der Waals surface area contributed by atoms with Crippen molar-refractivity contribution in [2.75, 3.05) is 0 Å². The van der Waals surface area contributed by atoms with Crippen molar-refractivity contribution in [2.24, 2.45) is 0 Å². The van der Waals surface area contributed by atoms with Crippen LogP contribution in [0.5, 0.6) is 0 Å². The van der Waals surface area contributed by atoms with Crippen molar-refractivity contribution < 1.29 is 8.83 Å². The molecule has 4 heterocycles. The van der Waals surface area contributed by atoms with E-state index in [1.165, 1.54) is 11.3 Å². The molecule has 6 rings (SSSR count). The number of aromatic nitrogens is 4. The summed E-state index contributed by atoms with van der Waals surface area (Å²) in [4.78, 5) is 0.695. The third-order valence-corrected chi connectivity index (χ3v) is 5.57. The molecular weight excluding hydrogens is 360 g/mol. The van der Waals surface area contributed by atoms with E-state index in [9.17, 15) is 0 Å². The highest BCUT2D eigenvalue weighted by atomic mass is 32.1. The number of rotatable bonds is 2. The Labute approximate surface area is 156 Å². The molecule has 0 bridgehead atoms. The maximum Gasteiger partial charge on any atom is 0.235 e. The molecule has 0 unspecified atom stereocenters. The zero-order valence-electron chi connectivity index (χ0n) is 14.2. The van der Waals surface area contributed by atoms with Gasteiger partial charge in [-0.15, -0.1) is 15.3 Å². The average molecular weight is 372 g/mol. The summed E-state index contributed by atoms with van der Waals surface area (Å²) in [5, 5.41) is 16.1. The summed E-state index contributed by atoms with van der Waals surface area (Å²) in [6.45, 7) is 2.05. The fourth-order valence-electron chi connectivity index (χ4n) is 3.33. The predicted molar refractivity (Wildman–Crippen MR) is 104 cm³/mol. The van der Waals surface area contributed by atoms with Crippen LogP contribution < -0.4 is 0 Å². The quantitative estimate of drug-likeness (QED) is 0.411. The van der Waals surface area contributed by atoms with Gasteiger partial charge in [0, 0.05) is 16.3 Å². The topological polar surface area (TPSA) is 69.4 Å². The second kappa shape index (κ2) is 5.28. The molecule has 0 N–H and O–H groups in total. The van der Waals surface area contributed by atoms with Crippen molar-refractivity contribution in [3.8, 4) is 22.4 Å². The van der Waals surface area contributed by atoms with Crippen molar-refractivity contribution in [1.82, 2.24) is 19.8 Å². The molecule has 2 aromatic carbocycles. The smallest absolute Gasteiger partial charge is 0.235 e. The molecule has 27 heavy (non-hydrogen) atoms. The average Bonchev–Trinajstić information content (AvgIpc) is 3.42. The van der Waals surface area contributed by atoms with Crippen LogP contribution >= 0.6 is 11.3 Å². The molecule has 0 atom stereocenters. The van der Waals surface area contributed by atoms with Crippen LogP contribution in [0.1, 0.15) is 5.56 Å². The summed E-state index contributed by atoms with van der Waals surface area (Å²) in [6, 6.07) is 17.8. The highest BCUT2D eigenvalue weighted by Crippen LogP contribution is 2.36. The first-order valence-electron chi connectivity index (χ1n) is 8.47. The largest absolute Gasteiger partial charge is 0.453 e. The van der Waals surface area contributed by atoms with Gasteiger partial charge in [0.05, 0.1) is 0 Å². The maximum atomic E-state index is 6.04. The van der Waals surface area contributed by atoms with Crippen molar-refractivity contribution in [3.05, 3.63) is 60.2 Å². The maximum absolute atomic E-state index is 6.04. The SMILES string of the molecule is Cc1c(-c2nn3c(-c4cc5ccccc5o4)nnc3s2)oc2ccccc12. The van der Waals surface area contributed by atoms with Crippen molar-refractivity contribution in [1.29, 1.82) is 0 Å². The van der Waals surface area contributed by atoms with E-state index >= 15 is 0 Å². The Morgan fingerprint density at radius 1 is 0.926 bits per heavy atom. The second-order valence-electron chi connectivity index (χ2n) is 6.33. The number of nitrogens with zero attached hydrogens (tertiary/aromatic N) is 4. The van der Waals surface area contributed by atoms with Crippen LogP contribution in [-0.4, -0.2) is 19.8 Å². The highest BCUT2D eigenvalue weighted by molar-refractivity contribution is 7.19. The van der Waals surface area contributed by atoms with Gasteiger partial charge in [0.25, 0.3) is 0 Å². The molecule has 6 nitrogen and oxygen atoms in total. The molecule has 0 aliphatic heterocycles. The molecule has 0 fully saturated rings. The van der Waals surface area contributed by atoms with Crippen molar-refractivity contribution in [3.63, 3.8) is 0 Å². The third kappa shape index (κ3) is 2.09. The fourth-order valence-corrected chi connectivity index (χ4v) is 4.21. The van der Waals surface area contributed by atoms with Gasteiger partial charge in [-0.25, -0.2) is 0 Å². The Morgan fingerprint density at radius 3 is 2.59 bits per heavy atom. The minimum Gasteiger partial charge on any atom is -0.453 e. The minimum atomic E-state index is 0.581. The Balaban J connectivity index is 1.53. The lowest BCUT2D eigenvalue weighted by molar-refractivity contribution is 0.619. The van der Waals surface area contributed by atoms with Crippen molar-refractivity contribution in [2.45, 2.75) is 6.92 Å². The molecule has 0 amide bonds. The Bertz CT molecular complexity index is 1420. The molecular formula is C20H12N4O2S. The van der Waals surface area contributed by atoms with E-state index in [0.717, 1.165) is 38.3 Å². The first-order chi connectivity index (χ1) is 13.3. The Morgan fingerprint density at radius 2 is 1.74 bits per heavy atom. The minimum absolute atomic E-state index is 0.581. The van der Waals surface area contributed by atoms with Crippen LogP contribution in [0.2, 0.25) is 0 Å². The summed E-state index contributed by atoms with van der Waals surface area (Å²) in [7, 11) is 0. The van der Waals surface area contributed by atoms with Gasteiger partial charge in [-0.2, -0.15) is 4.52 Å². The second-order valence-corrected chi connectivity index (χ2v) is 7.28. The van der Waals surface area contributed by atoms with Gasteiger partial charge in [0.1, 0.15) is 11.2 Å². The van der Waals surface area contributed by atoms with E-state index in [1.54, 1.807) is 4.52 Å². The zero-order valence-corrected chi connectivity index (χ0v) is 15.0. The number of hydrogen-bond acceptors (Lipinski definition) is 6. The molecule has 0 saturated carbocycles. The van der Waals surface area contributed by atoms with Crippen molar-refractivity contribution >= 4 is 38.2 Å². The standard InChI is InChI=1S/C20H12N4O2S/c1-11-13-7-3-5-9-15(13)26-17(11)19-23-24-18(21-22-20(24)27-19)16-10-12-6-2-4-8-14(12)25-16/h2-10H,1H3. The van der Waals surface area contributed by atoms with Gasteiger partial charge >= 0.3 is 0 Å². The molecule has 0 spiro atoms. The monoisotopic (exact) mass is 372 g/mol. The van der Waals surface area contributed by atoms with Gasteiger partial charge in [-0.1, -0.05) is 47.7 Å². The molecule has 0 saturated heterocycles. The molecule has 7 heteroatoms. The van der Waals surface area contributed by atoms with Crippen LogP contribution in [0.25, 0.3) is 49.3 Å². The summed E-state index contributed by atoms with van der Waals surface area (Å²) in [6.07, 6.45) is 0. The van der Waals surface area contributed by atoms with E-state index in [1.807, 2.05) is 55.5 Å². The number of furan rings is 2. The van der Waals surface area contributed by atoms with Gasteiger partial charge in [0.15, 0.2) is 16.5 Å². The van der Waals surface area contributed by atoms with Gasteiger partial charge in [-0.05, 0) is 25.1 Å². The molecule has 130 valence electrons. The summed E-state index contributed by atoms with van der Waals surface area (Å²) >= 11 is 1.44. The van der Waals surface area contributed by atoms with Crippen LogP contribution in [0.15, 0.2) is 63.4 Å². The normalized spacial score (nSPS) is 11.9. The van der Waals surface area contributed by atoms with Crippen LogP contribution in [0.4, 0.5) is 0 Å². The first-order valence-corrected chi connectivity index (χ1v) is 9.29. The zero-order chi connectivity index (χ0) is 18.0. The lowest BCUT2D eigenvalue weighted by Gasteiger charge is -1.92. The Hall–Kier alpha value is -3.45. The predicted octanol–water partition coefficient (Wildman–Crippen LogP) is 5.32. The lowest BCUT2D eigenvalue weighted by Crippen LogP contribution is -1.89. The summed E-state index contributed by atoms with van der Waals surface area (Å²) in [5.74, 6) is 1.99. The number of hydrogen-bond donors (Lipinski definition) is 0. The van der Waals surface area contributed by atoms with Crippen LogP contribution in [-0.2, 0) is 0 Å². The van der Waals surface area contributed by atoms with Gasteiger partial charge in [-0.3, -0.25) is 0 Å². The summed E-state index contributed by atoms with van der Waals surface area (Å²) < 4.78 is 13.7. The van der Waals surface area contributed by atoms with Gasteiger partial charge in [0.2, 0.25) is 10.8 Å². The Kier molecular flexibility index (Phi) is 2.87. The van der Waals surface area contributed by atoms with E-state index in [2.05, 4.69) is 16.3 Å². The first kappa shape index (κ1) is 14.7. The van der Waals surface area contributed by atoms with E-state index in [4.69, 9.17) is 13.9 Å². The molecule has 4 aromatic heterocycles. The summed E-state index contributed by atoms with van der Waals surface area (Å²) in [5.41, 5.74) is 2.74. The molecule has 0 aliphatic carbocycles. The van der Waals surface area contributed by atoms with E-state index in [0.29, 0.717) is 16.5 Å². The molecule has 0 radical (unpaired) electrons. The lowest BCUT2D eigenvalue weighted by atomic mass is 10.1. The molecule has 0 aliphatic rings. The number of benzene rings is 2. The number of fused-ring (bicyclic) bond motifs is 3.